The molecule has 2 atom stereocenters. The van der Waals surface area contributed by atoms with Crippen LogP contribution in [0.2, 0.25) is 0 Å². The zero-order chi connectivity index (χ0) is 14.4. The monoisotopic (exact) mass is 272 g/mol. The van der Waals surface area contributed by atoms with Crippen LogP contribution >= 0.6 is 0 Å². The van der Waals surface area contributed by atoms with Gasteiger partial charge in [0.05, 0.1) is 19.2 Å². The largest absolute Gasteiger partial charge is 0.395 e. The fraction of sp³-hybridized carbons (Fsp3) is 0.571. The third kappa shape index (κ3) is 4.53. The number of aryl methyl sites for hydroxylation is 1. The average molecular weight is 272 g/mol. The van der Waals surface area contributed by atoms with Gasteiger partial charge in [0.1, 0.15) is 0 Å². The Kier molecular flexibility index (Phi) is 6.34. The van der Waals surface area contributed by atoms with Gasteiger partial charge in [0.2, 0.25) is 0 Å². The van der Waals surface area contributed by atoms with Crippen molar-refractivity contribution < 1.29 is 13.9 Å². The van der Waals surface area contributed by atoms with Crippen molar-refractivity contribution in [2.75, 3.05) is 19.7 Å². The van der Waals surface area contributed by atoms with Crippen LogP contribution in [-0.4, -0.2) is 42.2 Å². The van der Waals surface area contributed by atoms with E-state index in [0.717, 1.165) is 11.1 Å². The predicted octanol–water partition coefficient (Wildman–Crippen LogP) is 1.94. The molecule has 0 radical (unpaired) electrons. The van der Waals surface area contributed by atoms with Crippen LogP contribution in [0.3, 0.4) is 0 Å². The number of nitrogens with two attached hydrogens (primary N) is 1. The molecular weight excluding hydrogens is 250 g/mol. The Hall–Kier alpha value is -1.04. The van der Waals surface area contributed by atoms with Crippen molar-refractivity contribution >= 4 is 0 Å². The maximum atomic E-state index is 12.7. The Morgan fingerprint density at radius 3 is 2.42 bits per heavy atom. The van der Waals surface area contributed by atoms with Crippen LogP contribution in [-0.2, 0) is 0 Å². The van der Waals surface area contributed by atoms with Crippen molar-refractivity contribution in [3.8, 4) is 0 Å². The van der Waals surface area contributed by atoms with Crippen molar-refractivity contribution in [3.63, 3.8) is 0 Å². The molecule has 2 unspecified atom stereocenters. The van der Waals surface area contributed by atoms with Crippen LogP contribution in [0.25, 0.3) is 0 Å². The summed E-state index contributed by atoms with van der Waals surface area (Å²) in [6.45, 7) is 3.37. The summed E-state index contributed by atoms with van der Waals surface area (Å²) < 4.78 is 25.4. The number of alkyl halides is 2. The zero-order valence-electron chi connectivity index (χ0n) is 11.4. The van der Waals surface area contributed by atoms with E-state index in [0.29, 0.717) is 0 Å². The molecule has 1 aromatic rings. The van der Waals surface area contributed by atoms with E-state index < -0.39 is 6.43 Å². The number of aliphatic hydroxyl groups is 1. The van der Waals surface area contributed by atoms with Gasteiger partial charge in [-0.25, -0.2) is 8.78 Å². The third-order valence-corrected chi connectivity index (χ3v) is 3.16. The second-order valence-electron chi connectivity index (χ2n) is 4.77. The third-order valence-electron chi connectivity index (χ3n) is 3.16. The lowest BCUT2D eigenvalue weighted by atomic mass is 9.95. The molecule has 0 spiro atoms. The average Bonchev–Trinajstić information content (AvgIpc) is 2.31. The molecule has 0 fully saturated rings. The number of nitrogens with zero attached hydrogens (tertiary/aromatic N) is 1. The number of halogens is 2. The Bertz CT molecular complexity index is 385. The molecule has 1 rings (SSSR count). The summed E-state index contributed by atoms with van der Waals surface area (Å²) in [5.41, 5.74) is 7.93. The predicted molar refractivity (Wildman–Crippen MR) is 72.2 cm³/mol. The Labute approximate surface area is 113 Å². The molecule has 5 heteroatoms. The highest BCUT2D eigenvalue weighted by atomic mass is 19.3. The molecule has 0 aromatic heterocycles. The number of hydrogen-bond donors (Lipinski definition) is 2. The molecule has 19 heavy (non-hydrogen) atoms. The lowest BCUT2D eigenvalue weighted by Crippen LogP contribution is -2.43. The minimum Gasteiger partial charge on any atom is -0.395 e. The van der Waals surface area contributed by atoms with Crippen LogP contribution < -0.4 is 5.73 Å². The molecule has 3 N–H and O–H groups in total. The second kappa shape index (κ2) is 7.53. The Morgan fingerprint density at radius 2 is 1.95 bits per heavy atom. The fourth-order valence-electron chi connectivity index (χ4n) is 2.38. The molecule has 0 saturated carbocycles. The highest BCUT2D eigenvalue weighted by Gasteiger charge is 2.27. The van der Waals surface area contributed by atoms with Gasteiger partial charge in [-0.15, -0.1) is 0 Å². The van der Waals surface area contributed by atoms with Gasteiger partial charge < -0.3 is 10.8 Å². The molecule has 0 aliphatic rings. The normalized spacial score (nSPS) is 14.9. The highest BCUT2D eigenvalue weighted by Crippen LogP contribution is 2.26. The summed E-state index contributed by atoms with van der Waals surface area (Å²) in [5.74, 6) is 0. The smallest absolute Gasteiger partial charge is 0.251 e. The number of aliphatic hydroxyl groups excluding tert-OH is 1. The molecule has 0 heterocycles. The zero-order valence-corrected chi connectivity index (χ0v) is 11.4. The minimum absolute atomic E-state index is 0.165. The van der Waals surface area contributed by atoms with Gasteiger partial charge in [0.15, 0.2) is 0 Å². The highest BCUT2D eigenvalue weighted by molar-refractivity contribution is 5.29. The van der Waals surface area contributed by atoms with Gasteiger partial charge in [0, 0.05) is 12.6 Å². The van der Waals surface area contributed by atoms with Crippen LogP contribution in [0.4, 0.5) is 8.78 Å². The first-order valence-electron chi connectivity index (χ1n) is 6.41. The molecule has 1 aromatic carbocycles. The first-order valence-corrected chi connectivity index (χ1v) is 6.41. The van der Waals surface area contributed by atoms with E-state index in [9.17, 15) is 8.78 Å². The van der Waals surface area contributed by atoms with Gasteiger partial charge in [-0.1, -0.05) is 24.3 Å². The van der Waals surface area contributed by atoms with Gasteiger partial charge in [-0.3, -0.25) is 4.90 Å². The van der Waals surface area contributed by atoms with Crippen molar-refractivity contribution in [2.24, 2.45) is 5.73 Å². The summed E-state index contributed by atoms with van der Waals surface area (Å²) in [6.07, 6.45) is -2.45. The Morgan fingerprint density at radius 1 is 1.32 bits per heavy atom. The van der Waals surface area contributed by atoms with Crippen LogP contribution in [0.1, 0.15) is 24.1 Å². The van der Waals surface area contributed by atoms with Gasteiger partial charge in [0.25, 0.3) is 6.43 Å². The number of benzene rings is 1. The summed E-state index contributed by atoms with van der Waals surface area (Å²) in [5, 5.41) is 9.07. The fourth-order valence-corrected chi connectivity index (χ4v) is 2.38. The standard InChI is InChI=1S/C14H22F2N2O/c1-10-5-3-4-6-12(10)14(11(2)17)18(7-8-19)9-13(15)16/h3-6,11,13-14,19H,7-9,17H2,1-2H3. The quantitative estimate of drug-likeness (QED) is 0.797. The van der Waals surface area contributed by atoms with E-state index in [1.165, 1.54) is 0 Å². The lowest BCUT2D eigenvalue weighted by molar-refractivity contribution is 0.0485. The maximum absolute atomic E-state index is 12.7. The molecular formula is C14H22F2N2O. The first-order chi connectivity index (χ1) is 8.97. The van der Waals surface area contributed by atoms with E-state index in [1.54, 1.807) is 11.8 Å². The van der Waals surface area contributed by atoms with Crippen molar-refractivity contribution in [3.05, 3.63) is 35.4 Å². The van der Waals surface area contributed by atoms with E-state index in [4.69, 9.17) is 10.8 Å². The van der Waals surface area contributed by atoms with Crippen LogP contribution in [0.15, 0.2) is 24.3 Å². The summed E-state index contributed by atoms with van der Waals surface area (Å²) in [7, 11) is 0. The second-order valence-corrected chi connectivity index (χ2v) is 4.77. The first kappa shape index (κ1) is 16.0. The van der Waals surface area contributed by atoms with E-state index >= 15 is 0 Å². The lowest BCUT2D eigenvalue weighted by Gasteiger charge is -2.34. The van der Waals surface area contributed by atoms with E-state index in [1.807, 2.05) is 31.2 Å². The van der Waals surface area contributed by atoms with Crippen molar-refractivity contribution in [1.29, 1.82) is 0 Å². The van der Waals surface area contributed by atoms with E-state index in [2.05, 4.69) is 0 Å². The number of hydrogen-bond acceptors (Lipinski definition) is 3. The molecule has 0 bridgehead atoms. The van der Waals surface area contributed by atoms with Gasteiger partial charge in [-0.05, 0) is 25.0 Å². The Balaban J connectivity index is 3.06. The SMILES string of the molecule is Cc1ccccc1C(C(C)N)N(CCO)CC(F)F. The van der Waals surface area contributed by atoms with Gasteiger partial charge >= 0.3 is 0 Å². The maximum Gasteiger partial charge on any atom is 0.251 e. The van der Waals surface area contributed by atoms with E-state index in [-0.39, 0.29) is 31.8 Å². The van der Waals surface area contributed by atoms with Gasteiger partial charge in [-0.2, -0.15) is 0 Å². The molecule has 108 valence electrons. The number of rotatable bonds is 7. The summed E-state index contributed by atoms with van der Waals surface area (Å²) in [6, 6.07) is 7.00. The molecule has 3 nitrogen and oxygen atoms in total. The molecule has 0 aliphatic heterocycles. The van der Waals surface area contributed by atoms with Crippen molar-refractivity contribution in [1.82, 2.24) is 4.90 Å². The van der Waals surface area contributed by atoms with Crippen LogP contribution in [0, 0.1) is 6.92 Å². The van der Waals surface area contributed by atoms with Crippen molar-refractivity contribution in [2.45, 2.75) is 32.4 Å². The molecule has 0 saturated heterocycles. The molecule has 0 amide bonds. The van der Waals surface area contributed by atoms with Crippen LogP contribution in [0.5, 0.6) is 0 Å². The summed E-state index contributed by atoms with van der Waals surface area (Å²) >= 11 is 0. The minimum atomic E-state index is -2.45. The topological polar surface area (TPSA) is 49.5 Å². The summed E-state index contributed by atoms with van der Waals surface area (Å²) in [4.78, 5) is 1.55. The molecule has 0 aliphatic carbocycles.